The Kier molecular flexibility index (Phi) is 4.99. The monoisotopic (exact) mass is 313 g/mol. The van der Waals surface area contributed by atoms with Crippen LogP contribution in [0.1, 0.15) is 47.2 Å². The molecule has 0 radical (unpaired) electrons. The van der Waals surface area contributed by atoms with Gasteiger partial charge in [-0.05, 0) is 20.8 Å². The SMILES string of the molecule is CC(C)(C)c1csc(NC(=O)N(CC(=O)O)C(C)(C)C)n1. The second-order valence-electron chi connectivity index (χ2n) is 6.87. The Morgan fingerprint density at radius 3 is 2.24 bits per heavy atom. The van der Waals surface area contributed by atoms with E-state index in [1.165, 1.54) is 16.2 Å². The Morgan fingerprint density at radius 2 is 1.86 bits per heavy atom. The molecule has 0 bridgehead atoms. The third-order valence-corrected chi connectivity index (χ3v) is 3.59. The quantitative estimate of drug-likeness (QED) is 0.898. The van der Waals surface area contributed by atoms with E-state index in [-0.39, 0.29) is 12.0 Å². The highest BCUT2D eigenvalue weighted by atomic mass is 32.1. The Hall–Kier alpha value is -1.63. The van der Waals surface area contributed by atoms with Crippen molar-refractivity contribution in [1.82, 2.24) is 9.88 Å². The van der Waals surface area contributed by atoms with E-state index in [4.69, 9.17) is 5.11 Å². The fraction of sp³-hybridized carbons (Fsp3) is 0.643. The number of amides is 2. The number of carboxylic acid groups (broad SMARTS) is 1. The van der Waals surface area contributed by atoms with E-state index in [9.17, 15) is 9.59 Å². The summed E-state index contributed by atoms with van der Waals surface area (Å²) in [7, 11) is 0. The highest BCUT2D eigenvalue weighted by molar-refractivity contribution is 7.13. The second kappa shape index (κ2) is 6.01. The molecule has 0 saturated carbocycles. The first-order chi connectivity index (χ1) is 9.41. The molecule has 0 fully saturated rings. The fourth-order valence-corrected chi connectivity index (χ4v) is 2.51. The minimum absolute atomic E-state index is 0.0930. The molecule has 0 spiro atoms. The number of nitrogens with one attached hydrogen (secondary N) is 1. The summed E-state index contributed by atoms with van der Waals surface area (Å²) in [5, 5.41) is 14.0. The summed E-state index contributed by atoms with van der Waals surface area (Å²) in [5.74, 6) is -1.05. The number of hydrogen-bond acceptors (Lipinski definition) is 4. The van der Waals surface area contributed by atoms with E-state index >= 15 is 0 Å². The van der Waals surface area contributed by atoms with Crippen LogP contribution < -0.4 is 5.32 Å². The third-order valence-electron chi connectivity index (χ3n) is 2.83. The predicted octanol–water partition coefficient (Wildman–Crippen LogP) is 3.16. The van der Waals surface area contributed by atoms with Gasteiger partial charge in [-0.15, -0.1) is 11.3 Å². The van der Waals surface area contributed by atoms with Crippen molar-refractivity contribution in [3.8, 4) is 0 Å². The molecular formula is C14H23N3O3S. The highest BCUT2D eigenvalue weighted by Gasteiger charge is 2.29. The average Bonchev–Trinajstić information content (AvgIpc) is 2.72. The number of rotatable bonds is 3. The number of anilines is 1. The number of thiazole rings is 1. The molecule has 21 heavy (non-hydrogen) atoms. The Balaban J connectivity index is 2.87. The van der Waals surface area contributed by atoms with Crippen molar-refractivity contribution in [2.75, 3.05) is 11.9 Å². The minimum atomic E-state index is -1.05. The van der Waals surface area contributed by atoms with Crippen LogP contribution in [0.5, 0.6) is 0 Å². The number of carbonyl (C=O) groups is 2. The summed E-state index contributed by atoms with van der Waals surface area (Å²) in [6, 6.07) is -0.459. The van der Waals surface area contributed by atoms with Crippen LogP contribution in [-0.2, 0) is 10.2 Å². The zero-order valence-electron chi connectivity index (χ0n) is 13.4. The minimum Gasteiger partial charge on any atom is -0.480 e. The molecule has 2 amide bonds. The predicted molar refractivity (Wildman–Crippen MR) is 83.9 cm³/mol. The van der Waals surface area contributed by atoms with E-state index in [0.29, 0.717) is 5.13 Å². The molecule has 1 aromatic rings. The molecule has 1 rings (SSSR count). The first-order valence-corrected chi connectivity index (χ1v) is 7.55. The van der Waals surface area contributed by atoms with E-state index in [1.54, 1.807) is 20.8 Å². The lowest BCUT2D eigenvalue weighted by atomic mass is 9.93. The lowest BCUT2D eigenvalue weighted by Crippen LogP contribution is -2.50. The number of nitrogens with zero attached hydrogens (tertiary/aromatic N) is 2. The zero-order chi connectivity index (χ0) is 16.4. The van der Waals surface area contributed by atoms with E-state index in [1.807, 2.05) is 26.2 Å². The average molecular weight is 313 g/mol. The number of aromatic nitrogens is 1. The molecule has 0 aliphatic rings. The zero-order valence-corrected chi connectivity index (χ0v) is 14.2. The van der Waals surface area contributed by atoms with Gasteiger partial charge < -0.3 is 10.0 Å². The van der Waals surface area contributed by atoms with Crippen molar-refractivity contribution >= 4 is 28.5 Å². The lowest BCUT2D eigenvalue weighted by molar-refractivity contribution is -0.138. The molecule has 1 aromatic heterocycles. The van der Waals surface area contributed by atoms with Crippen molar-refractivity contribution in [2.24, 2.45) is 0 Å². The summed E-state index contributed by atoms with van der Waals surface area (Å²) in [4.78, 5) is 28.8. The van der Waals surface area contributed by atoms with Gasteiger partial charge in [0.05, 0.1) is 5.69 Å². The molecule has 2 N–H and O–H groups in total. The molecule has 1 heterocycles. The van der Waals surface area contributed by atoms with E-state index < -0.39 is 17.5 Å². The molecule has 0 aliphatic carbocycles. The summed E-state index contributed by atoms with van der Waals surface area (Å²) >= 11 is 1.33. The van der Waals surface area contributed by atoms with Gasteiger partial charge >= 0.3 is 12.0 Å². The highest BCUT2D eigenvalue weighted by Crippen LogP contribution is 2.27. The van der Waals surface area contributed by atoms with Gasteiger partial charge in [0.15, 0.2) is 5.13 Å². The Labute approximate surface area is 129 Å². The normalized spacial score (nSPS) is 12.1. The summed E-state index contributed by atoms with van der Waals surface area (Å²) in [6.45, 7) is 11.1. The van der Waals surface area contributed by atoms with E-state index in [2.05, 4.69) is 10.3 Å². The smallest absolute Gasteiger partial charge is 0.324 e. The largest absolute Gasteiger partial charge is 0.480 e. The maximum atomic E-state index is 12.3. The van der Waals surface area contributed by atoms with Crippen LogP contribution in [0.4, 0.5) is 9.93 Å². The van der Waals surface area contributed by atoms with Crippen LogP contribution in [0.25, 0.3) is 0 Å². The van der Waals surface area contributed by atoms with Gasteiger partial charge in [-0.1, -0.05) is 20.8 Å². The maximum absolute atomic E-state index is 12.3. The van der Waals surface area contributed by atoms with Crippen LogP contribution in [0, 0.1) is 0 Å². The van der Waals surface area contributed by atoms with Gasteiger partial charge in [-0.25, -0.2) is 9.78 Å². The van der Waals surface area contributed by atoms with Gasteiger partial charge in [-0.3, -0.25) is 10.1 Å². The van der Waals surface area contributed by atoms with Crippen molar-refractivity contribution in [2.45, 2.75) is 52.5 Å². The van der Waals surface area contributed by atoms with Crippen LogP contribution >= 0.6 is 11.3 Å². The van der Waals surface area contributed by atoms with Crippen LogP contribution in [0.3, 0.4) is 0 Å². The van der Waals surface area contributed by atoms with Crippen LogP contribution in [-0.4, -0.2) is 39.1 Å². The van der Waals surface area contributed by atoms with E-state index in [0.717, 1.165) is 5.69 Å². The first-order valence-electron chi connectivity index (χ1n) is 6.67. The summed E-state index contributed by atoms with van der Waals surface area (Å²) in [5.41, 5.74) is 0.208. The number of carboxylic acids is 1. The van der Waals surface area contributed by atoms with Gasteiger partial charge in [0.1, 0.15) is 6.54 Å². The van der Waals surface area contributed by atoms with Gasteiger partial charge in [0.2, 0.25) is 0 Å². The van der Waals surface area contributed by atoms with Gasteiger partial charge in [0.25, 0.3) is 0 Å². The standard InChI is InChI=1S/C14H23N3O3S/c1-13(2,3)9-8-21-11(15-9)16-12(20)17(7-10(18)19)14(4,5)6/h8H,7H2,1-6H3,(H,18,19)(H,15,16,20). The van der Waals surface area contributed by atoms with Crippen molar-refractivity contribution in [3.05, 3.63) is 11.1 Å². The second-order valence-corrected chi connectivity index (χ2v) is 7.73. The molecule has 7 heteroatoms. The van der Waals surface area contributed by atoms with Gasteiger partial charge in [-0.2, -0.15) is 0 Å². The van der Waals surface area contributed by atoms with Crippen LogP contribution in [0.2, 0.25) is 0 Å². The number of aliphatic carboxylic acids is 1. The third kappa shape index (κ3) is 5.00. The van der Waals surface area contributed by atoms with Crippen LogP contribution in [0.15, 0.2) is 5.38 Å². The molecule has 0 saturated heterocycles. The lowest BCUT2D eigenvalue weighted by Gasteiger charge is -2.33. The van der Waals surface area contributed by atoms with Gasteiger partial charge in [0, 0.05) is 16.3 Å². The molecule has 0 aliphatic heterocycles. The maximum Gasteiger partial charge on any atom is 0.324 e. The number of hydrogen-bond donors (Lipinski definition) is 2. The number of urea groups is 1. The van der Waals surface area contributed by atoms with Crippen molar-refractivity contribution in [3.63, 3.8) is 0 Å². The molecule has 6 nitrogen and oxygen atoms in total. The number of carbonyl (C=O) groups excluding carboxylic acids is 1. The molecular weight excluding hydrogens is 290 g/mol. The summed E-state index contributed by atoms with van der Waals surface area (Å²) < 4.78 is 0. The first kappa shape index (κ1) is 17.4. The summed E-state index contributed by atoms with van der Waals surface area (Å²) in [6.07, 6.45) is 0. The molecule has 0 atom stereocenters. The fourth-order valence-electron chi connectivity index (χ4n) is 1.58. The van der Waals surface area contributed by atoms with Crippen molar-refractivity contribution in [1.29, 1.82) is 0 Å². The van der Waals surface area contributed by atoms with Crippen molar-refractivity contribution < 1.29 is 14.7 Å². The molecule has 0 aromatic carbocycles. The molecule has 0 unspecified atom stereocenters. The Morgan fingerprint density at radius 1 is 1.29 bits per heavy atom. The topological polar surface area (TPSA) is 82.5 Å². The Bertz CT molecular complexity index is 526. The molecule has 118 valence electrons.